The molecule has 2 aromatic rings. The van der Waals surface area contributed by atoms with E-state index in [1.807, 2.05) is 44.2 Å². The Bertz CT molecular complexity index is 637. The van der Waals surface area contributed by atoms with Crippen LogP contribution in [-0.2, 0) is 4.79 Å². The van der Waals surface area contributed by atoms with Crippen molar-refractivity contribution in [3.05, 3.63) is 48.3 Å². The van der Waals surface area contributed by atoms with Gasteiger partial charge in [-0.15, -0.1) is 24.8 Å². The minimum absolute atomic E-state index is 0. The van der Waals surface area contributed by atoms with Crippen molar-refractivity contribution >= 4 is 36.4 Å². The third kappa shape index (κ3) is 7.17. The van der Waals surface area contributed by atoms with Crippen molar-refractivity contribution in [1.29, 1.82) is 0 Å². The summed E-state index contributed by atoms with van der Waals surface area (Å²) in [6.45, 7) is 3.82. The molecule has 1 aromatic heterocycles. The maximum Gasteiger partial charge on any atom is 0.224 e. The van der Waals surface area contributed by atoms with E-state index in [0.717, 1.165) is 17.0 Å². The number of hydrogen-bond acceptors (Lipinski definition) is 4. The summed E-state index contributed by atoms with van der Waals surface area (Å²) in [7, 11) is 0. The highest BCUT2D eigenvalue weighted by Crippen LogP contribution is 2.26. The molecule has 1 heterocycles. The number of nitrogens with two attached hydrogens (primary N) is 1. The summed E-state index contributed by atoms with van der Waals surface area (Å²) < 4.78 is 5.76. The van der Waals surface area contributed by atoms with Gasteiger partial charge in [-0.25, -0.2) is 0 Å². The number of anilines is 1. The minimum Gasteiger partial charge on any atom is -0.455 e. The number of nitrogens with zero attached hydrogens (tertiary/aromatic N) is 1. The van der Waals surface area contributed by atoms with E-state index in [2.05, 4.69) is 10.3 Å². The van der Waals surface area contributed by atoms with Crippen molar-refractivity contribution in [1.82, 2.24) is 4.98 Å². The van der Waals surface area contributed by atoms with Crippen LogP contribution in [-0.4, -0.2) is 16.9 Å². The maximum absolute atomic E-state index is 11.8. The van der Waals surface area contributed by atoms with E-state index in [9.17, 15) is 4.79 Å². The quantitative estimate of drug-likeness (QED) is 0.801. The molecule has 0 aliphatic carbocycles. The third-order valence-corrected chi connectivity index (χ3v) is 3.15. The lowest BCUT2D eigenvalue weighted by Crippen LogP contribution is -2.19. The second-order valence-electron chi connectivity index (χ2n) is 5.34. The third-order valence-electron chi connectivity index (χ3n) is 3.15. The predicted molar refractivity (Wildman–Crippen MR) is 101 cm³/mol. The normalized spacial score (nSPS) is 10.8. The van der Waals surface area contributed by atoms with Gasteiger partial charge in [-0.2, -0.15) is 0 Å². The van der Waals surface area contributed by atoms with Crippen molar-refractivity contribution in [2.45, 2.75) is 32.7 Å². The summed E-state index contributed by atoms with van der Waals surface area (Å²) >= 11 is 0. The zero-order valence-electron chi connectivity index (χ0n) is 13.7. The summed E-state index contributed by atoms with van der Waals surface area (Å²) in [5.41, 5.74) is 7.34. The van der Waals surface area contributed by atoms with Gasteiger partial charge in [0.25, 0.3) is 0 Å². The molecule has 24 heavy (non-hydrogen) atoms. The van der Waals surface area contributed by atoms with Gasteiger partial charge in [0.15, 0.2) is 0 Å². The Balaban J connectivity index is 0.00000264. The number of ether oxygens (including phenoxy) is 1. The molecule has 0 aliphatic rings. The summed E-state index contributed by atoms with van der Waals surface area (Å²) in [5, 5.41) is 2.87. The van der Waals surface area contributed by atoms with E-state index in [1.54, 1.807) is 12.4 Å². The van der Waals surface area contributed by atoms with Crippen LogP contribution in [0.2, 0.25) is 0 Å². The number of hydrogen-bond donors (Lipinski definition) is 2. The molecule has 0 aliphatic heterocycles. The van der Waals surface area contributed by atoms with Gasteiger partial charge in [-0.05, 0) is 56.2 Å². The van der Waals surface area contributed by atoms with Gasteiger partial charge in [-0.1, -0.05) is 0 Å². The van der Waals surface area contributed by atoms with Gasteiger partial charge in [0.1, 0.15) is 11.5 Å². The van der Waals surface area contributed by atoms with Crippen molar-refractivity contribution in [3.8, 4) is 11.5 Å². The lowest BCUT2D eigenvalue weighted by atomic mass is 10.1. The summed E-state index contributed by atoms with van der Waals surface area (Å²) in [6.07, 6.45) is 4.45. The van der Waals surface area contributed by atoms with Crippen LogP contribution in [0, 0.1) is 6.92 Å². The van der Waals surface area contributed by atoms with E-state index in [0.29, 0.717) is 18.6 Å². The molecular formula is C17H23Cl2N3O2. The first-order chi connectivity index (χ1) is 10.5. The maximum atomic E-state index is 11.8. The van der Waals surface area contributed by atoms with E-state index >= 15 is 0 Å². The van der Waals surface area contributed by atoms with Gasteiger partial charge in [0, 0.05) is 24.3 Å². The molecule has 5 nitrogen and oxygen atoms in total. The number of rotatable bonds is 6. The number of aryl methyl sites for hydroxylation is 1. The Labute approximate surface area is 154 Å². The van der Waals surface area contributed by atoms with Crippen molar-refractivity contribution < 1.29 is 9.53 Å². The summed E-state index contributed by atoms with van der Waals surface area (Å²) in [4.78, 5) is 15.8. The highest BCUT2D eigenvalue weighted by atomic mass is 35.5. The molecule has 0 radical (unpaired) electrons. The number of carbonyl (C=O) groups excluding carboxylic acids is 1. The Morgan fingerprint density at radius 1 is 1.33 bits per heavy atom. The first kappa shape index (κ1) is 22.2. The fourth-order valence-electron chi connectivity index (χ4n) is 1.96. The topological polar surface area (TPSA) is 77.2 Å². The molecular weight excluding hydrogens is 349 g/mol. The number of aromatic nitrogens is 1. The van der Waals surface area contributed by atoms with Crippen molar-refractivity contribution in [2.24, 2.45) is 5.73 Å². The molecule has 0 fully saturated rings. The lowest BCUT2D eigenvalue weighted by Gasteiger charge is -2.11. The van der Waals surface area contributed by atoms with Gasteiger partial charge in [0.2, 0.25) is 5.91 Å². The Morgan fingerprint density at radius 3 is 2.67 bits per heavy atom. The van der Waals surface area contributed by atoms with Gasteiger partial charge < -0.3 is 15.8 Å². The number of halogens is 2. The van der Waals surface area contributed by atoms with Crippen LogP contribution in [0.1, 0.15) is 25.3 Å². The number of nitrogens with one attached hydrogen (secondary N) is 1. The zero-order chi connectivity index (χ0) is 15.9. The van der Waals surface area contributed by atoms with Crippen LogP contribution in [0.4, 0.5) is 5.69 Å². The second kappa shape index (κ2) is 10.9. The lowest BCUT2D eigenvalue weighted by molar-refractivity contribution is -0.116. The molecule has 1 atom stereocenters. The Hall–Kier alpha value is -1.82. The van der Waals surface area contributed by atoms with Crippen molar-refractivity contribution in [2.75, 3.05) is 5.32 Å². The molecule has 0 spiro atoms. The summed E-state index contributed by atoms with van der Waals surface area (Å²) in [6, 6.07) is 9.23. The SMILES string of the molecule is Cc1cc(NC(=O)CCC(C)N)ccc1Oc1cccnc1.Cl.Cl. The largest absolute Gasteiger partial charge is 0.455 e. The van der Waals surface area contributed by atoms with Crippen LogP contribution >= 0.6 is 24.8 Å². The molecule has 1 amide bonds. The highest BCUT2D eigenvalue weighted by molar-refractivity contribution is 5.90. The van der Waals surface area contributed by atoms with E-state index in [1.165, 1.54) is 0 Å². The molecule has 7 heteroatoms. The first-order valence-electron chi connectivity index (χ1n) is 7.28. The predicted octanol–water partition coefficient (Wildman–Crippen LogP) is 4.09. The Morgan fingerprint density at radius 2 is 2.08 bits per heavy atom. The average molecular weight is 372 g/mol. The smallest absolute Gasteiger partial charge is 0.224 e. The molecule has 1 unspecified atom stereocenters. The van der Waals surface area contributed by atoms with Crippen molar-refractivity contribution in [3.63, 3.8) is 0 Å². The van der Waals surface area contributed by atoms with E-state index in [-0.39, 0.29) is 36.8 Å². The first-order valence-corrected chi connectivity index (χ1v) is 7.28. The van der Waals surface area contributed by atoms with Crippen LogP contribution in [0.3, 0.4) is 0 Å². The van der Waals surface area contributed by atoms with Gasteiger partial charge >= 0.3 is 0 Å². The van der Waals surface area contributed by atoms with Gasteiger partial charge in [0.05, 0.1) is 6.20 Å². The van der Waals surface area contributed by atoms with Crippen LogP contribution in [0.25, 0.3) is 0 Å². The fourth-order valence-corrected chi connectivity index (χ4v) is 1.96. The highest BCUT2D eigenvalue weighted by Gasteiger charge is 2.07. The zero-order valence-corrected chi connectivity index (χ0v) is 15.3. The number of carbonyl (C=O) groups is 1. The number of amides is 1. The van der Waals surface area contributed by atoms with Crippen LogP contribution in [0.5, 0.6) is 11.5 Å². The van der Waals surface area contributed by atoms with Gasteiger partial charge in [-0.3, -0.25) is 9.78 Å². The van der Waals surface area contributed by atoms with Crippen LogP contribution < -0.4 is 15.8 Å². The molecule has 0 saturated carbocycles. The Kier molecular flexibility index (Phi) is 10.0. The van der Waals surface area contributed by atoms with E-state index in [4.69, 9.17) is 10.5 Å². The average Bonchev–Trinajstić information content (AvgIpc) is 2.49. The molecule has 2 rings (SSSR count). The standard InChI is InChI=1S/C17H21N3O2.2ClH/c1-12-10-14(20-17(21)8-5-13(2)18)6-7-16(12)22-15-4-3-9-19-11-15;;/h3-4,6-7,9-11,13H,5,8,18H2,1-2H3,(H,20,21);2*1H. The number of benzene rings is 1. The van der Waals surface area contributed by atoms with E-state index < -0.39 is 0 Å². The fraction of sp³-hybridized carbons (Fsp3) is 0.294. The molecule has 0 bridgehead atoms. The summed E-state index contributed by atoms with van der Waals surface area (Å²) in [5.74, 6) is 1.39. The molecule has 0 saturated heterocycles. The molecule has 3 N–H and O–H groups in total. The molecule has 132 valence electrons. The number of pyridine rings is 1. The van der Waals surface area contributed by atoms with Crippen LogP contribution in [0.15, 0.2) is 42.7 Å². The monoisotopic (exact) mass is 371 g/mol. The molecule has 1 aromatic carbocycles. The second-order valence-corrected chi connectivity index (χ2v) is 5.34. The minimum atomic E-state index is -0.0300.